The number of benzene rings is 1. The Kier molecular flexibility index (Phi) is 3.59. The predicted octanol–water partition coefficient (Wildman–Crippen LogP) is 1.69. The molecule has 0 bridgehead atoms. The van der Waals surface area contributed by atoms with Gasteiger partial charge in [0, 0.05) is 25.9 Å². The number of nitrogens with two attached hydrogens (primary N) is 1. The summed E-state index contributed by atoms with van der Waals surface area (Å²) in [5, 5.41) is 0. The van der Waals surface area contributed by atoms with Gasteiger partial charge >= 0.3 is 0 Å². The molecule has 17 heavy (non-hydrogen) atoms. The molecule has 92 valence electrons. The Hall–Kier alpha value is -1.20. The molecule has 1 aromatic rings. The molecular weight excluding hydrogens is 239 g/mol. The van der Waals surface area contributed by atoms with E-state index in [1.807, 2.05) is 6.07 Å². The molecule has 1 atom stereocenters. The van der Waals surface area contributed by atoms with Gasteiger partial charge in [-0.2, -0.15) is 0 Å². The average molecular weight is 254 g/mol. The van der Waals surface area contributed by atoms with Gasteiger partial charge in [0.1, 0.15) is 10.8 Å². The summed E-state index contributed by atoms with van der Waals surface area (Å²) in [6, 6.07) is 4.89. The molecule has 1 heterocycles. The number of nitrogens with zero attached hydrogens (tertiary/aromatic N) is 1. The van der Waals surface area contributed by atoms with E-state index in [2.05, 4.69) is 4.90 Å². The van der Waals surface area contributed by atoms with Crippen LogP contribution in [0.25, 0.3) is 0 Å². The minimum Gasteiger partial charge on any atom is -0.389 e. The first-order chi connectivity index (χ1) is 8.13. The van der Waals surface area contributed by atoms with Crippen molar-refractivity contribution in [1.82, 2.24) is 0 Å². The van der Waals surface area contributed by atoms with Gasteiger partial charge in [-0.25, -0.2) is 4.39 Å². The molecule has 2 rings (SSSR count). The number of methoxy groups -OCH3 is 1. The third-order valence-electron chi connectivity index (χ3n) is 3.06. The predicted molar refractivity (Wildman–Crippen MR) is 69.9 cm³/mol. The van der Waals surface area contributed by atoms with Crippen molar-refractivity contribution in [3.8, 4) is 0 Å². The molecule has 1 aliphatic rings. The fourth-order valence-electron chi connectivity index (χ4n) is 2.16. The Labute approximate surface area is 105 Å². The van der Waals surface area contributed by atoms with Crippen molar-refractivity contribution in [3.63, 3.8) is 0 Å². The number of rotatable bonds is 3. The van der Waals surface area contributed by atoms with Crippen LogP contribution in [0.1, 0.15) is 12.0 Å². The summed E-state index contributed by atoms with van der Waals surface area (Å²) in [5.41, 5.74) is 6.68. The van der Waals surface area contributed by atoms with E-state index in [4.69, 9.17) is 22.7 Å². The van der Waals surface area contributed by atoms with Crippen molar-refractivity contribution >= 4 is 22.9 Å². The standard InChI is InChI=1S/C12H15FN2OS/c1-16-8-5-6-15(7-8)10-4-2-3-9(13)11(10)12(14)17/h2-4,8H,5-7H2,1H3,(H2,14,17). The van der Waals surface area contributed by atoms with E-state index >= 15 is 0 Å². The minimum atomic E-state index is -0.365. The Balaban J connectivity index is 2.33. The maximum Gasteiger partial charge on any atom is 0.135 e. The molecule has 0 aromatic heterocycles. The Morgan fingerprint density at radius 3 is 2.94 bits per heavy atom. The summed E-state index contributed by atoms with van der Waals surface area (Å²) in [5.74, 6) is -0.365. The first kappa shape index (κ1) is 12.3. The van der Waals surface area contributed by atoms with Crippen molar-refractivity contribution in [2.45, 2.75) is 12.5 Å². The summed E-state index contributed by atoms with van der Waals surface area (Å²) in [6.07, 6.45) is 1.13. The number of thiocarbonyl (C=S) groups is 1. The van der Waals surface area contributed by atoms with Crippen LogP contribution in [0, 0.1) is 5.82 Å². The second kappa shape index (κ2) is 4.98. The second-order valence-electron chi connectivity index (χ2n) is 4.09. The third-order valence-corrected chi connectivity index (χ3v) is 3.26. The topological polar surface area (TPSA) is 38.5 Å². The zero-order valence-electron chi connectivity index (χ0n) is 9.65. The molecule has 1 fully saturated rings. The lowest BCUT2D eigenvalue weighted by Gasteiger charge is -2.21. The first-order valence-corrected chi connectivity index (χ1v) is 5.90. The van der Waals surface area contributed by atoms with Crippen LogP contribution in [-0.4, -0.2) is 31.3 Å². The van der Waals surface area contributed by atoms with E-state index < -0.39 is 0 Å². The van der Waals surface area contributed by atoms with Crippen molar-refractivity contribution in [2.24, 2.45) is 5.73 Å². The van der Waals surface area contributed by atoms with Gasteiger partial charge in [-0.3, -0.25) is 0 Å². The highest BCUT2D eigenvalue weighted by Gasteiger charge is 2.25. The summed E-state index contributed by atoms with van der Waals surface area (Å²) >= 11 is 4.91. The van der Waals surface area contributed by atoms with Gasteiger partial charge in [0.15, 0.2) is 0 Å². The molecule has 5 heteroatoms. The molecule has 1 saturated heterocycles. The molecule has 0 radical (unpaired) electrons. The third kappa shape index (κ3) is 2.40. The van der Waals surface area contributed by atoms with Gasteiger partial charge < -0.3 is 15.4 Å². The zero-order chi connectivity index (χ0) is 12.4. The SMILES string of the molecule is COC1CCN(c2cccc(F)c2C(N)=S)C1. The van der Waals surface area contributed by atoms with Crippen molar-refractivity contribution in [1.29, 1.82) is 0 Å². The highest BCUT2D eigenvalue weighted by atomic mass is 32.1. The lowest BCUT2D eigenvalue weighted by molar-refractivity contribution is 0.121. The lowest BCUT2D eigenvalue weighted by atomic mass is 10.1. The van der Waals surface area contributed by atoms with Gasteiger partial charge in [0.05, 0.1) is 11.7 Å². The highest BCUT2D eigenvalue weighted by molar-refractivity contribution is 7.80. The van der Waals surface area contributed by atoms with E-state index in [1.165, 1.54) is 6.07 Å². The lowest BCUT2D eigenvalue weighted by Crippen LogP contribution is -2.26. The molecule has 1 aliphatic heterocycles. The summed E-state index contributed by atoms with van der Waals surface area (Å²) in [4.78, 5) is 2.16. The van der Waals surface area contributed by atoms with Gasteiger partial charge in [-0.1, -0.05) is 18.3 Å². The fraction of sp³-hybridized carbons (Fsp3) is 0.417. The summed E-state index contributed by atoms with van der Waals surface area (Å²) < 4.78 is 19.0. The highest BCUT2D eigenvalue weighted by Crippen LogP contribution is 2.27. The number of hydrogen-bond donors (Lipinski definition) is 1. The Morgan fingerprint density at radius 2 is 2.35 bits per heavy atom. The van der Waals surface area contributed by atoms with Crippen LogP contribution in [0.5, 0.6) is 0 Å². The largest absolute Gasteiger partial charge is 0.389 e. The molecule has 0 aliphatic carbocycles. The molecule has 0 saturated carbocycles. The van der Waals surface area contributed by atoms with Crippen LogP contribution in [0.3, 0.4) is 0 Å². The van der Waals surface area contributed by atoms with Crippen LogP contribution >= 0.6 is 12.2 Å². The smallest absolute Gasteiger partial charge is 0.135 e. The molecule has 1 unspecified atom stereocenters. The van der Waals surface area contributed by atoms with Crippen LogP contribution in [0.2, 0.25) is 0 Å². The molecule has 1 aromatic carbocycles. The number of halogens is 1. The van der Waals surface area contributed by atoms with Crippen LogP contribution < -0.4 is 10.6 Å². The van der Waals surface area contributed by atoms with Gasteiger partial charge in [0.25, 0.3) is 0 Å². The van der Waals surface area contributed by atoms with Crippen molar-refractivity contribution < 1.29 is 9.13 Å². The number of anilines is 1. The Bertz CT molecular complexity index is 439. The maximum absolute atomic E-state index is 13.7. The molecule has 0 amide bonds. The van der Waals surface area contributed by atoms with E-state index in [-0.39, 0.29) is 16.9 Å². The number of ether oxygens (including phenoxy) is 1. The first-order valence-electron chi connectivity index (χ1n) is 5.49. The quantitative estimate of drug-likeness (QED) is 0.833. The van der Waals surface area contributed by atoms with Crippen molar-refractivity contribution in [3.05, 3.63) is 29.6 Å². The summed E-state index contributed by atoms with van der Waals surface area (Å²) in [7, 11) is 1.69. The molecular formula is C12H15FN2OS. The second-order valence-corrected chi connectivity index (χ2v) is 4.53. The fourth-order valence-corrected chi connectivity index (χ4v) is 2.36. The van der Waals surface area contributed by atoms with Crippen LogP contribution in [0.15, 0.2) is 18.2 Å². The average Bonchev–Trinajstić information content (AvgIpc) is 2.76. The monoisotopic (exact) mass is 254 g/mol. The molecule has 3 nitrogen and oxygen atoms in total. The van der Waals surface area contributed by atoms with E-state index in [1.54, 1.807) is 13.2 Å². The van der Waals surface area contributed by atoms with Crippen LogP contribution in [-0.2, 0) is 4.74 Å². The number of hydrogen-bond acceptors (Lipinski definition) is 3. The van der Waals surface area contributed by atoms with Gasteiger partial charge in [-0.15, -0.1) is 0 Å². The maximum atomic E-state index is 13.7. The van der Waals surface area contributed by atoms with Crippen molar-refractivity contribution in [2.75, 3.05) is 25.1 Å². The van der Waals surface area contributed by atoms with E-state index in [0.717, 1.165) is 25.2 Å². The van der Waals surface area contributed by atoms with Gasteiger partial charge in [-0.05, 0) is 18.6 Å². The zero-order valence-corrected chi connectivity index (χ0v) is 10.5. The van der Waals surface area contributed by atoms with E-state index in [9.17, 15) is 4.39 Å². The molecule has 0 spiro atoms. The minimum absolute atomic E-state index is 0.0963. The summed E-state index contributed by atoms with van der Waals surface area (Å²) in [6.45, 7) is 1.58. The van der Waals surface area contributed by atoms with Gasteiger partial charge in [0.2, 0.25) is 0 Å². The molecule has 2 N–H and O–H groups in total. The normalized spacial score (nSPS) is 19.6. The van der Waals surface area contributed by atoms with Crippen LogP contribution in [0.4, 0.5) is 10.1 Å². The van der Waals surface area contributed by atoms with E-state index in [0.29, 0.717) is 5.56 Å². The Morgan fingerprint density at radius 1 is 1.59 bits per heavy atom.